The maximum Gasteiger partial charge on any atom is 0.306 e. The maximum absolute atomic E-state index is 14.2. The molecule has 1 aliphatic heterocycles. The lowest BCUT2D eigenvalue weighted by molar-refractivity contribution is -0.152. The lowest BCUT2D eigenvalue weighted by Gasteiger charge is -2.49. The second-order valence-corrected chi connectivity index (χ2v) is 11.2. The fourth-order valence-electron chi connectivity index (χ4n) is 4.56. The maximum atomic E-state index is 14.2. The van der Waals surface area contributed by atoms with Crippen LogP contribution in [-0.2, 0) is 30.8 Å². The number of halogens is 1. The summed E-state index contributed by atoms with van der Waals surface area (Å²) in [6.07, 6.45) is -0.0897. The number of sulfone groups is 1. The fraction of sp³-hybridized carbons (Fsp3) is 0.346. The highest BCUT2D eigenvalue weighted by Gasteiger charge is 2.49. The van der Waals surface area contributed by atoms with Gasteiger partial charge in [0.2, 0.25) is 5.91 Å². The second-order valence-electron chi connectivity index (χ2n) is 9.21. The Kier molecular flexibility index (Phi) is 6.99. The van der Waals surface area contributed by atoms with Crippen LogP contribution in [0, 0.1) is 18.2 Å². The van der Waals surface area contributed by atoms with Crippen molar-refractivity contribution < 1.29 is 31.9 Å². The van der Waals surface area contributed by atoms with Crippen molar-refractivity contribution in [3.05, 3.63) is 65.6 Å². The van der Waals surface area contributed by atoms with E-state index < -0.39 is 27.0 Å². The van der Waals surface area contributed by atoms with Crippen molar-refractivity contribution >= 4 is 32.6 Å². The molecule has 0 atom stereocenters. The van der Waals surface area contributed by atoms with Gasteiger partial charge >= 0.3 is 5.97 Å². The van der Waals surface area contributed by atoms with Crippen molar-refractivity contribution in [3.63, 3.8) is 0 Å². The molecule has 0 N–H and O–H groups in total. The number of methoxy groups -OCH3 is 1. The summed E-state index contributed by atoms with van der Waals surface area (Å²) < 4.78 is 51.1. The lowest BCUT2D eigenvalue weighted by Crippen LogP contribution is -2.61. The Morgan fingerprint density at radius 2 is 1.83 bits per heavy atom. The molecule has 2 aromatic carbocycles. The van der Waals surface area contributed by atoms with E-state index in [0.29, 0.717) is 16.8 Å². The van der Waals surface area contributed by atoms with Crippen LogP contribution in [0.1, 0.15) is 24.6 Å². The highest BCUT2D eigenvalue weighted by atomic mass is 32.2. The van der Waals surface area contributed by atoms with Crippen molar-refractivity contribution in [3.8, 4) is 5.75 Å². The summed E-state index contributed by atoms with van der Waals surface area (Å²) in [5, 5.41) is 0.649. The summed E-state index contributed by atoms with van der Waals surface area (Å²) in [7, 11) is -2.51. The number of para-hydroxylation sites is 1. The molecule has 1 saturated heterocycles. The third-order valence-electron chi connectivity index (χ3n) is 6.32. The molecule has 3 aromatic rings. The van der Waals surface area contributed by atoms with E-state index in [1.54, 1.807) is 31.2 Å². The number of fused-ring (bicyclic) bond motifs is 1. The molecule has 0 spiro atoms. The van der Waals surface area contributed by atoms with Gasteiger partial charge in [-0.3, -0.25) is 14.6 Å². The van der Waals surface area contributed by atoms with E-state index in [0.717, 1.165) is 5.56 Å². The first kappa shape index (κ1) is 25.6. The number of benzene rings is 2. The van der Waals surface area contributed by atoms with Crippen LogP contribution in [-0.4, -0.2) is 56.1 Å². The van der Waals surface area contributed by atoms with Gasteiger partial charge < -0.3 is 14.4 Å². The Morgan fingerprint density at radius 1 is 1.14 bits per heavy atom. The minimum absolute atomic E-state index is 0.0897. The molecule has 0 aliphatic carbocycles. The average molecular weight is 515 g/mol. The number of amides is 1. The molecule has 190 valence electrons. The predicted octanol–water partition coefficient (Wildman–Crippen LogP) is 3.45. The van der Waals surface area contributed by atoms with Gasteiger partial charge in [0.15, 0.2) is 9.84 Å². The molecular formula is C26H27FN2O6S. The van der Waals surface area contributed by atoms with E-state index in [2.05, 4.69) is 4.98 Å². The largest absolute Gasteiger partial charge is 0.489 e. The van der Waals surface area contributed by atoms with E-state index >= 15 is 0 Å². The lowest BCUT2D eigenvalue weighted by atomic mass is 9.78. The van der Waals surface area contributed by atoms with Crippen molar-refractivity contribution in [2.75, 3.05) is 26.0 Å². The number of pyridine rings is 1. The summed E-state index contributed by atoms with van der Waals surface area (Å²) in [5.74, 6) is -0.934. The first-order valence-corrected chi connectivity index (χ1v) is 13.0. The number of esters is 1. The minimum Gasteiger partial charge on any atom is -0.489 e. The van der Waals surface area contributed by atoms with E-state index in [-0.39, 0.29) is 48.2 Å². The number of nitrogens with zero attached hydrogens (tertiary/aromatic N) is 2. The molecular weight excluding hydrogens is 487 g/mol. The molecule has 2 heterocycles. The highest BCUT2D eigenvalue weighted by molar-refractivity contribution is 7.91. The number of carbonyl (C=O) groups excluding carboxylic acids is 2. The van der Waals surface area contributed by atoms with Gasteiger partial charge in [-0.2, -0.15) is 0 Å². The van der Waals surface area contributed by atoms with E-state index in [4.69, 9.17) is 9.47 Å². The first-order chi connectivity index (χ1) is 17.0. The number of hydrogen-bond acceptors (Lipinski definition) is 7. The van der Waals surface area contributed by atoms with E-state index in [1.165, 1.54) is 37.1 Å². The van der Waals surface area contributed by atoms with Crippen LogP contribution in [0.2, 0.25) is 0 Å². The molecule has 10 heteroatoms. The summed E-state index contributed by atoms with van der Waals surface area (Å²) >= 11 is 0. The number of likely N-dealkylation sites (tertiary alicyclic amines) is 1. The van der Waals surface area contributed by atoms with Gasteiger partial charge in [-0.05, 0) is 43.3 Å². The van der Waals surface area contributed by atoms with Crippen LogP contribution < -0.4 is 4.74 Å². The molecule has 4 rings (SSSR count). The van der Waals surface area contributed by atoms with Crippen molar-refractivity contribution in [2.24, 2.45) is 5.41 Å². The summed E-state index contributed by atoms with van der Waals surface area (Å²) in [4.78, 5) is 29.4. The van der Waals surface area contributed by atoms with Crippen molar-refractivity contribution in [1.29, 1.82) is 0 Å². The Morgan fingerprint density at radius 3 is 2.47 bits per heavy atom. The Bertz CT molecular complexity index is 1420. The quantitative estimate of drug-likeness (QED) is 0.424. The summed E-state index contributed by atoms with van der Waals surface area (Å²) in [6.45, 7) is 3.69. The van der Waals surface area contributed by atoms with Crippen LogP contribution >= 0.6 is 0 Å². The zero-order valence-electron chi connectivity index (χ0n) is 20.3. The highest BCUT2D eigenvalue weighted by Crippen LogP contribution is 2.37. The molecule has 0 saturated carbocycles. The number of ether oxygens (including phenoxy) is 2. The zero-order chi connectivity index (χ0) is 26.1. The van der Waals surface area contributed by atoms with Gasteiger partial charge in [0.25, 0.3) is 0 Å². The second kappa shape index (κ2) is 9.85. The predicted molar refractivity (Wildman–Crippen MR) is 131 cm³/mol. The Labute approximate surface area is 208 Å². The van der Waals surface area contributed by atoms with Gasteiger partial charge in [-0.1, -0.05) is 12.1 Å². The average Bonchev–Trinajstić information content (AvgIpc) is 2.81. The number of carbonyl (C=O) groups is 2. The van der Waals surface area contributed by atoms with Crippen LogP contribution in [0.5, 0.6) is 5.75 Å². The van der Waals surface area contributed by atoms with Crippen LogP contribution in [0.3, 0.4) is 0 Å². The van der Waals surface area contributed by atoms with Crippen LogP contribution in [0.15, 0.2) is 53.4 Å². The van der Waals surface area contributed by atoms with Crippen molar-refractivity contribution in [1.82, 2.24) is 9.88 Å². The third kappa shape index (κ3) is 5.33. The number of rotatable bonds is 8. The molecule has 1 fully saturated rings. The van der Waals surface area contributed by atoms with Crippen LogP contribution in [0.25, 0.3) is 10.9 Å². The fourth-order valence-corrected chi connectivity index (χ4v) is 6.36. The minimum atomic E-state index is -3.76. The molecule has 1 amide bonds. The molecule has 0 bridgehead atoms. The molecule has 1 aliphatic rings. The molecule has 36 heavy (non-hydrogen) atoms. The van der Waals surface area contributed by atoms with Crippen LogP contribution in [0.4, 0.5) is 4.39 Å². The normalized spacial score (nSPS) is 14.8. The van der Waals surface area contributed by atoms with Gasteiger partial charge in [0.05, 0.1) is 24.2 Å². The van der Waals surface area contributed by atoms with Gasteiger partial charge in [0.1, 0.15) is 23.7 Å². The van der Waals surface area contributed by atoms with Gasteiger partial charge in [-0.25, -0.2) is 12.8 Å². The van der Waals surface area contributed by atoms with Gasteiger partial charge in [-0.15, -0.1) is 0 Å². The summed E-state index contributed by atoms with van der Waals surface area (Å²) in [6, 6.07) is 12.6. The van der Waals surface area contributed by atoms with E-state index in [9.17, 15) is 22.4 Å². The Balaban J connectivity index is 1.48. The topological polar surface area (TPSA) is 103 Å². The molecule has 1 aromatic heterocycles. The zero-order valence-corrected chi connectivity index (χ0v) is 21.1. The monoisotopic (exact) mass is 514 g/mol. The Hall–Kier alpha value is -3.53. The number of aromatic nitrogens is 1. The first-order valence-electron chi connectivity index (χ1n) is 11.3. The smallest absolute Gasteiger partial charge is 0.306 e. The molecule has 0 radical (unpaired) electrons. The number of hydrogen-bond donors (Lipinski definition) is 0. The molecule has 8 nitrogen and oxygen atoms in total. The van der Waals surface area contributed by atoms with Crippen molar-refractivity contribution in [2.45, 2.75) is 31.8 Å². The van der Waals surface area contributed by atoms with E-state index in [1.807, 2.05) is 6.07 Å². The molecule has 0 unspecified atom stereocenters. The SMILES string of the molecule is COC(=O)CC1(CS(=O)(=O)c2ccc(OCc3cc(C)nc4c(F)cccc34)cc2)CN(C(C)=O)C1. The number of aryl methyl sites for hydroxylation is 1. The third-order valence-corrected chi connectivity index (χ3v) is 8.31. The standard InChI is InChI=1S/C26H27FN2O6S/c1-17-11-19(22-5-4-6-23(27)25(22)28-17)13-35-20-7-9-21(10-8-20)36(32,33)16-26(12-24(31)34-3)14-29(15-26)18(2)30/h4-11H,12-16H2,1-3H3. The van der Waals surface area contributed by atoms with Gasteiger partial charge in [0, 0.05) is 42.1 Å². The summed E-state index contributed by atoms with van der Waals surface area (Å²) in [5.41, 5.74) is 0.812.